The molecular formula is C13H12F3N3. The van der Waals surface area contributed by atoms with E-state index in [1.54, 1.807) is 18.2 Å². The summed E-state index contributed by atoms with van der Waals surface area (Å²) >= 11 is 0. The number of anilines is 2. The Kier molecular flexibility index (Phi) is 3.89. The zero-order chi connectivity index (χ0) is 13.8. The Morgan fingerprint density at radius 3 is 2.37 bits per heavy atom. The van der Waals surface area contributed by atoms with E-state index < -0.39 is 17.5 Å². The number of benzene rings is 1. The maximum absolute atomic E-state index is 13.5. The first-order chi connectivity index (χ1) is 9.11. The summed E-state index contributed by atoms with van der Waals surface area (Å²) in [5.74, 6) is -2.21. The third-order valence-corrected chi connectivity index (χ3v) is 2.57. The highest BCUT2D eigenvalue weighted by molar-refractivity contribution is 5.47. The molecule has 100 valence electrons. The van der Waals surface area contributed by atoms with E-state index in [9.17, 15) is 13.2 Å². The lowest BCUT2D eigenvalue weighted by Crippen LogP contribution is -2.08. The van der Waals surface area contributed by atoms with E-state index >= 15 is 0 Å². The largest absolute Gasteiger partial charge is 0.371 e. The smallest absolute Gasteiger partial charge is 0.168 e. The molecule has 1 aromatic heterocycles. The molecule has 0 amide bonds. The topological polar surface area (TPSA) is 37.0 Å². The van der Waals surface area contributed by atoms with Crippen LogP contribution in [0.4, 0.5) is 24.8 Å². The van der Waals surface area contributed by atoms with Gasteiger partial charge in [0.2, 0.25) is 0 Å². The van der Waals surface area contributed by atoms with Gasteiger partial charge in [0, 0.05) is 25.2 Å². The zero-order valence-electron chi connectivity index (χ0n) is 10.2. The van der Waals surface area contributed by atoms with Crippen LogP contribution in [-0.4, -0.2) is 12.0 Å². The van der Waals surface area contributed by atoms with E-state index in [1.807, 2.05) is 0 Å². The summed E-state index contributed by atoms with van der Waals surface area (Å²) in [6.07, 6.45) is 0. The minimum absolute atomic E-state index is 0.0609. The molecule has 1 heterocycles. The first-order valence-electron chi connectivity index (χ1n) is 5.63. The molecule has 2 N–H and O–H groups in total. The van der Waals surface area contributed by atoms with Crippen LogP contribution in [0.1, 0.15) is 5.56 Å². The molecule has 0 radical (unpaired) electrons. The highest BCUT2D eigenvalue weighted by Gasteiger charge is 2.11. The van der Waals surface area contributed by atoms with Gasteiger partial charge in [-0.3, -0.25) is 0 Å². The number of halogens is 3. The summed E-state index contributed by atoms with van der Waals surface area (Å²) < 4.78 is 40.1. The van der Waals surface area contributed by atoms with Crippen molar-refractivity contribution in [1.29, 1.82) is 0 Å². The normalized spacial score (nSPS) is 10.3. The SMILES string of the molecule is CNc1nc(NCc2ccccc2F)c(F)cc1F. The Labute approximate surface area is 108 Å². The molecule has 3 nitrogen and oxygen atoms in total. The fraction of sp³-hybridized carbons (Fsp3) is 0.154. The van der Waals surface area contributed by atoms with E-state index in [2.05, 4.69) is 15.6 Å². The van der Waals surface area contributed by atoms with Crippen molar-refractivity contribution in [3.05, 3.63) is 53.3 Å². The van der Waals surface area contributed by atoms with Crippen LogP contribution in [0.3, 0.4) is 0 Å². The van der Waals surface area contributed by atoms with Crippen molar-refractivity contribution < 1.29 is 13.2 Å². The molecule has 2 rings (SSSR count). The molecule has 6 heteroatoms. The van der Waals surface area contributed by atoms with Crippen LogP contribution in [-0.2, 0) is 6.54 Å². The lowest BCUT2D eigenvalue weighted by molar-refractivity contribution is 0.577. The van der Waals surface area contributed by atoms with Gasteiger partial charge < -0.3 is 10.6 Å². The van der Waals surface area contributed by atoms with Gasteiger partial charge in [-0.1, -0.05) is 18.2 Å². The fourth-order valence-electron chi connectivity index (χ4n) is 1.59. The quantitative estimate of drug-likeness (QED) is 0.893. The van der Waals surface area contributed by atoms with Gasteiger partial charge in [-0.15, -0.1) is 0 Å². The minimum Gasteiger partial charge on any atom is -0.371 e. The summed E-state index contributed by atoms with van der Waals surface area (Å²) in [6.45, 7) is 0.0609. The number of aromatic nitrogens is 1. The third-order valence-electron chi connectivity index (χ3n) is 2.57. The molecule has 0 fully saturated rings. The summed E-state index contributed by atoms with van der Waals surface area (Å²) in [4.78, 5) is 3.74. The van der Waals surface area contributed by atoms with Crippen molar-refractivity contribution in [2.45, 2.75) is 6.54 Å². The second kappa shape index (κ2) is 5.60. The Hall–Kier alpha value is -2.24. The van der Waals surface area contributed by atoms with E-state index in [0.717, 1.165) is 6.07 Å². The second-order valence-corrected chi connectivity index (χ2v) is 3.84. The third kappa shape index (κ3) is 2.96. The standard InChI is InChI=1S/C13H12F3N3/c1-17-12-10(15)6-11(16)13(19-12)18-7-8-4-2-3-5-9(8)14/h2-6H,7H2,1H3,(H2,17,18,19). The number of pyridine rings is 1. The van der Waals surface area contributed by atoms with E-state index in [1.165, 1.54) is 13.1 Å². The molecule has 0 atom stereocenters. The van der Waals surface area contributed by atoms with Gasteiger partial charge in [-0.25, -0.2) is 18.2 Å². The van der Waals surface area contributed by atoms with Gasteiger partial charge in [-0.05, 0) is 6.07 Å². The molecule has 0 spiro atoms. The van der Waals surface area contributed by atoms with Gasteiger partial charge in [0.1, 0.15) is 5.82 Å². The summed E-state index contributed by atoms with van der Waals surface area (Å²) in [6, 6.07) is 6.85. The van der Waals surface area contributed by atoms with E-state index in [0.29, 0.717) is 5.56 Å². The van der Waals surface area contributed by atoms with Crippen LogP contribution in [0, 0.1) is 17.5 Å². The van der Waals surface area contributed by atoms with Gasteiger partial charge in [0.05, 0.1) is 0 Å². The van der Waals surface area contributed by atoms with Crippen molar-refractivity contribution in [2.75, 3.05) is 17.7 Å². The van der Waals surface area contributed by atoms with Crippen LogP contribution < -0.4 is 10.6 Å². The molecule has 2 aromatic rings. The lowest BCUT2D eigenvalue weighted by Gasteiger charge is -2.10. The molecule has 1 aromatic carbocycles. The predicted molar refractivity (Wildman–Crippen MR) is 67.4 cm³/mol. The van der Waals surface area contributed by atoms with E-state index in [4.69, 9.17) is 0 Å². The predicted octanol–water partition coefficient (Wildman–Crippen LogP) is 3.15. The van der Waals surface area contributed by atoms with Crippen LogP contribution in [0.15, 0.2) is 30.3 Å². The van der Waals surface area contributed by atoms with Crippen LogP contribution >= 0.6 is 0 Å². The lowest BCUT2D eigenvalue weighted by atomic mass is 10.2. The Bertz CT molecular complexity index is 587. The number of nitrogens with one attached hydrogen (secondary N) is 2. The van der Waals surface area contributed by atoms with Crippen LogP contribution in [0.5, 0.6) is 0 Å². The average Bonchev–Trinajstić information content (AvgIpc) is 2.39. The average molecular weight is 267 g/mol. The molecule has 0 aliphatic carbocycles. The zero-order valence-corrected chi connectivity index (χ0v) is 10.2. The Morgan fingerprint density at radius 2 is 1.68 bits per heavy atom. The maximum Gasteiger partial charge on any atom is 0.168 e. The molecule has 0 saturated heterocycles. The van der Waals surface area contributed by atoms with Crippen molar-refractivity contribution in [3.63, 3.8) is 0 Å². The van der Waals surface area contributed by atoms with Crippen molar-refractivity contribution in [2.24, 2.45) is 0 Å². The Balaban J connectivity index is 2.18. The van der Waals surface area contributed by atoms with Gasteiger partial charge in [-0.2, -0.15) is 0 Å². The van der Waals surface area contributed by atoms with E-state index in [-0.39, 0.29) is 18.2 Å². The summed E-state index contributed by atoms with van der Waals surface area (Å²) in [5, 5.41) is 5.14. The maximum atomic E-state index is 13.5. The molecule has 19 heavy (non-hydrogen) atoms. The number of rotatable bonds is 4. The van der Waals surface area contributed by atoms with Gasteiger partial charge in [0.15, 0.2) is 23.3 Å². The molecule has 0 bridgehead atoms. The van der Waals surface area contributed by atoms with Gasteiger partial charge >= 0.3 is 0 Å². The second-order valence-electron chi connectivity index (χ2n) is 3.84. The summed E-state index contributed by atoms with van der Waals surface area (Å²) in [5.41, 5.74) is 0.374. The highest BCUT2D eigenvalue weighted by Crippen LogP contribution is 2.19. The highest BCUT2D eigenvalue weighted by atomic mass is 19.1. The van der Waals surface area contributed by atoms with Crippen molar-refractivity contribution in [1.82, 2.24) is 4.98 Å². The number of hydrogen-bond acceptors (Lipinski definition) is 3. The Morgan fingerprint density at radius 1 is 1.00 bits per heavy atom. The van der Waals surface area contributed by atoms with Crippen LogP contribution in [0.2, 0.25) is 0 Å². The monoisotopic (exact) mass is 267 g/mol. The molecule has 0 saturated carbocycles. The first kappa shape index (κ1) is 13.2. The first-order valence-corrected chi connectivity index (χ1v) is 5.63. The molecule has 0 unspecified atom stereocenters. The van der Waals surface area contributed by atoms with Crippen molar-refractivity contribution in [3.8, 4) is 0 Å². The summed E-state index contributed by atoms with van der Waals surface area (Å²) in [7, 11) is 1.48. The molecule has 0 aliphatic heterocycles. The number of hydrogen-bond donors (Lipinski definition) is 2. The molecular weight excluding hydrogens is 255 g/mol. The van der Waals surface area contributed by atoms with Gasteiger partial charge in [0.25, 0.3) is 0 Å². The molecule has 0 aliphatic rings. The van der Waals surface area contributed by atoms with Crippen molar-refractivity contribution >= 4 is 11.6 Å². The number of nitrogens with zero attached hydrogens (tertiary/aromatic N) is 1. The van der Waals surface area contributed by atoms with Crippen LogP contribution in [0.25, 0.3) is 0 Å². The minimum atomic E-state index is -0.826. The fourth-order valence-corrected chi connectivity index (χ4v) is 1.59.